The first kappa shape index (κ1) is 17.2. The summed E-state index contributed by atoms with van der Waals surface area (Å²) in [6.45, 7) is 2.62. The van der Waals surface area contributed by atoms with Gasteiger partial charge in [-0.2, -0.15) is 5.10 Å². The van der Waals surface area contributed by atoms with Crippen LogP contribution in [0.2, 0.25) is 5.02 Å². The van der Waals surface area contributed by atoms with Gasteiger partial charge in [-0.3, -0.25) is 4.79 Å². The van der Waals surface area contributed by atoms with Crippen LogP contribution in [0, 0.1) is 0 Å². The first-order chi connectivity index (χ1) is 13.2. The third-order valence-corrected chi connectivity index (χ3v) is 4.54. The van der Waals surface area contributed by atoms with Crippen molar-refractivity contribution < 1.29 is 0 Å². The number of aromatic nitrogens is 4. The fourth-order valence-corrected chi connectivity index (χ4v) is 3.17. The molecule has 0 aliphatic rings. The molecule has 134 valence electrons. The minimum atomic E-state index is -0.176. The zero-order chi connectivity index (χ0) is 18.8. The Kier molecular flexibility index (Phi) is 4.60. The molecule has 2 heterocycles. The van der Waals surface area contributed by atoms with Crippen LogP contribution in [-0.4, -0.2) is 19.3 Å². The van der Waals surface area contributed by atoms with Crippen LogP contribution in [0.4, 0.5) is 0 Å². The van der Waals surface area contributed by atoms with E-state index in [-0.39, 0.29) is 5.56 Å². The summed E-state index contributed by atoms with van der Waals surface area (Å²) in [4.78, 5) is 18.0. The lowest BCUT2D eigenvalue weighted by Crippen LogP contribution is -2.24. The lowest BCUT2D eigenvalue weighted by Gasteiger charge is -2.12. The SMILES string of the molecule is CCn1nccc1-n1c(/C=C/c2ccccc2)nc2ccc(Cl)cc2c1=O. The number of nitrogens with zero attached hydrogens (tertiary/aromatic N) is 4. The molecule has 5 nitrogen and oxygen atoms in total. The Balaban J connectivity index is 1.98. The Morgan fingerprint density at radius 3 is 2.67 bits per heavy atom. The monoisotopic (exact) mass is 376 g/mol. The van der Waals surface area contributed by atoms with Crippen molar-refractivity contribution in [2.45, 2.75) is 13.5 Å². The molecule has 0 radical (unpaired) electrons. The highest BCUT2D eigenvalue weighted by Gasteiger charge is 2.14. The van der Waals surface area contributed by atoms with Gasteiger partial charge in [-0.15, -0.1) is 0 Å². The molecule has 0 spiro atoms. The predicted octanol–water partition coefficient (Wildman–Crippen LogP) is 4.43. The smallest absolute Gasteiger partial charge is 0.267 e. The van der Waals surface area contributed by atoms with Crippen molar-refractivity contribution >= 4 is 34.7 Å². The van der Waals surface area contributed by atoms with Crippen LogP contribution in [0.5, 0.6) is 0 Å². The Morgan fingerprint density at radius 2 is 1.89 bits per heavy atom. The number of hydrogen-bond donors (Lipinski definition) is 0. The standard InChI is InChI=1S/C21H17ClN4O/c1-2-25-20(12-13-23-25)26-19(11-8-15-6-4-3-5-7-15)24-18-10-9-16(22)14-17(18)21(26)27/h3-14H,2H2,1H3/b11-8+. The van der Waals surface area contributed by atoms with E-state index in [4.69, 9.17) is 16.6 Å². The van der Waals surface area contributed by atoms with Gasteiger partial charge < -0.3 is 0 Å². The normalized spacial score (nSPS) is 11.5. The van der Waals surface area contributed by atoms with Crippen molar-refractivity contribution in [1.82, 2.24) is 19.3 Å². The highest BCUT2D eigenvalue weighted by Crippen LogP contribution is 2.18. The summed E-state index contributed by atoms with van der Waals surface area (Å²) in [5.41, 5.74) is 1.46. The summed E-state index contributed by atoms with van der Waals surface area (Å²) in [7, 11) is 0. The average molecular weight is 377 g/mol. The van der Waals surface area contributed by atoms with E-state index in [9.17, 15) is 4.79 Å². The van der Waals surface area contributed by atoms with Gasteiger partial charge in [0.25, 0.3) is 5.56 Å². The van der Waals surface area contributed by atoms with E-state index in [1.165, 1.54) is 0 Å². The van der Waals surface area contributed by atoms with Crippen LogP contribution < -0.4 is 5.56 Å². The number of benzene rings is 2. The van der Waals surface area contributed by atoms with Crippen molar-refractivity contribution in [1.29, 1.82) is 0 Å². The largest absolute Gasteiger partial charge is 0.268 e. The van der Waals surface area contributed by atoms with Gasteiger partial charge >= 0.3 is 0 Å². The number of aryl methyl sites for hydroxylation is 1. The fraction of sp³-hybridized carbons (Fsp3) is 0.0952. The van der Waals surface area contributed by atoms with Crippen LogP contribution in [0.25, 0.3) is 28.9 Å². The van der Waals surface area contributed by atoms with E-state index < -0.39 is 0 Å². The van der Waals surface area contributed by atoms with Crippen molar-refractivity contribution in [2.75, 3.05) is 0 Å². The maximum absolute atomic E-state index is 13.3. The molecule has 0 saturated carbocycles. The molecule has 2 aromatic carbocycles. The van der Waals surface area contributed by atoms with E-state index in [2.05, 4.69) is 5.10 Å². The van der Waals surface area contributed by atoms with Crippen LogP contribution in [0.1, 0.15) is 18.3 Å². The molecule has 0 aliphatic heterocycles. The van der Waals surface area contributed by atoms with Crippen molar-refractivity contribution in [3.63, 3.8) is 0 Å². The Bertz CT molecular complexity index is 1190. The van der Waals surface area contributed by atoms with Crippen molar-refractivity contribution in [3.05, 3.63) is 87.6 Å². The molecular weight excluding hydrogens is 360 g/mol. The lowest BCUT2D eigenvalue weighted by atomic mass is 10.2. The second kappa shape index (κ2) is 7.21. The van der Waals surface area contributed by atoms with Crippen LogP contribution >= 0.6 is 11.6 Å². The van der Waals surface area contributed by atoms with Gasteiger partial charge in [0, 0.05) is 17.6 Å². The molecule has 0 fully saturated rings. The highest BCUT2D eigenvalue weighted by atomic mass is 35.5. The molecule has 0 aliphatic carbocycles. The number of hydrogen-bond acceptors (Lipinski definition) is 3. The third kappa shape index (κ3) is 3.29. The highest BCUT2D eigenvalue weighted by molar-refractivity contribution is 6.31. The van der Waals surface area contributed by atoms with Gasteiger partial charge in [0.05, 0.1) is 17.1 Å². The molecule has 27 heavy (non-hydrogen) atoms. The van der Waals surface area contributed by atoms with Crippen molar-refractivity contribution in [3.8, 4) is 5.82 Å². The van der Waals surface area contributed by atoms with E-state index >= 15 is 0 Å². The molecule has 0 amide bonds. The number of halogens is 1. The first-order valence-electron chi connectivity index (χ1n) is 8.65. The molecule has 0 bridgehead atoms. The zero-order valence-corrected chi connectivity index (χ0v) is 15.5. The summed E-state index contributed by atoms with van der Waals surface area (Å²) >= 11 is 6.10. The van der Waals surface area contributed by atoms with Gasteiger partial charge in [0.2, 0.25) is 0 Å². The lowest BCUT2D eigenvalue weighted by molar-refractivity contribution is 0.631. The Hall–Kier alpha value is -3.18. The summed E-state index contributed by atoms with van der Waals surface area (Å²) < 4.78 is 3.34. The molecule has 0 unspecified atom stereocenters. The number of rotatable bonds is 4. The van der Waals surface area contributed by atoms with Gasteiger partial charge in [-0.1, -0.05) is 48.0 Å². The second-order valence-electron chi connectivity index (χ2n) is 6.02. The number of fused-ring (bicyclic) bond motifs is 1. The maximum atomic E-state index is 13.3. The van der Waals surface area contributed by atoms with Crippen LogP contribution in [0.15, 0.2) is 65.6 Å². The minimum absolute atomic E-state index is 0.176. The average Bonchev–Trinajstić information content (AvgIpc) is 3.16. The summed E-state index contributed by atoms with van der Waals surface area (Å²) in [5, 5.41) is 5.27. The van der Waals surface area contributed by atoms with Gasteiger partial charge in [0.1, 0.15) is 11.6 Å². The molecule has 0 N–H and O–H groups in total. The molecule has 0 atom stereocenters. The van der Waals surface area contributed by atoms with E-state index in [1.807, 2.05) is 55.5 Å². The quantitative estimate of drug-likeness (QED) is 0.529. The van der Waals surface area contributed by atoms with Crippen molar-refractivity contribution in [2.24, 2.45) is 0 Å². The molecule has 4 aromatic rings. The molecule has 6 heteroatoms. The third-order valence-electron chi connectivity index (χ3n) is 4.30. The zero-order valence-electron chi connectivity index (χ0n) is 14.7. The first-order valence-corrected chi connectivity index (χ1v) is 9.03. The topological polar surface area (TPSA) is 52.7 Å². The Labute approximate surface area is 161 Å². The molecule has 2 aromatic heterocycles. The summed E-state index contributed by atoms with van der Waals surface area (Å²) in [6.07, 6.45) is 5.46. The van der Waals surface area contributed by atoms with E-state index in [1.54, 1.807) is 33.6 Å². The molecule has 0 saturated heterocycles. The van der Waals surface area contributed by atoms with E-state index in [0.29, 0.717) is 34.1 Å². The summed E-state index contributed by atoms with van der Waals surface area (Å²) in [6, 6.07) is 16.9. The minimum Gasteiger partial charge on any atom is -0.268 e. The predicted molar refractivity (Wildman–Crippen MR) is 109 cm³/mol. The van der Waals surface area contributed by atoms with Gasteiger partial charge in [-0.25, -0.2) is 14.2 Å². The van der Waals surface area contributed by atoms with E-state index in [0.717, 1.165) is 5.56 Å². The van der Waals surface area contributed by atoms with Gasteiger partial charge in [-0.05, 0) is 36.8 Å². The molecule has 4 rings (SSSR count). The van der Waals surface area contributed by atoms with Crippen LogP contribution in [0.3, 0.4) is 0 Å². The Morgan fingerprint density at radius 1 is 1.07 bits per heavy atom. The second-order valence-corrected chi connectivity index (χ2v) is 6.46. The van der Waals surface area contributed by atoms with Gasteiger partial charge in [0.15, 0.2) is 0 Å². The molecular formula is C21H17ClN4O. The fourth-order valence-electron chi connectivity index (χ4n) is 3.00. The summed E-state index contributed by atoms with van der Waals surface area (Å²) in [5.74, 6) is 1.21. The maximum Gasteiger partial charge on any atom is 0.267 e. The van der Waals surface area contributed by atoms with Crippen LogP contribution in [-0.2, 0) is 6.54 Å².